The lowest BCUT2D eigenvalue weighted by molar-refractivity contribution is 0.0696. The average Bonchev–Trinajstić information content (AvgIpc) is 2.37. The molecule has 0 bridgehead atoms. The van der Waals surface area contributed by atoms with Crippen molar-refractivity contribution in [3.8, 4) is 5.75 Å². The van der Waals surface area contributed by atoms with Gasteiger partial charge in [0.05, 0.1) is 11.1 Å². The molecular formula is C15H12BrNO4. The molecule has 0 saturated carbocycles. The maximum absolute atomic E-state index is 12.1. The highest BCUT2D eigenvalue weighted by Gasteiger charge is 2.13. The Balaban J connectivity index is 2.23. The molecule has 0 heterocycles. The molecular weight excluding hydrogens is 338 g/mol. The van der Waals surface area contributed by atoms with E-state index < -0.39 is 11.9 Å². The fourth-order valence-electron chi connectivity index (χ4n) is 1.88. The van der Waals surface area contributed by atoms with Gasteiger partial charge in [0.1, 0.15) is 5.75 Å². The Morgan fingerprint density at radius 3 is 2.33 bits per heavy atom. The van der Waals surface area contributed by atoms with Crippen molar-refractivity contribution in [2.45, 2.75) is 6.92 Å². The van der Waals surface area contributed by atoms with Crippen LogP contribution in [0.25, 0.3) is 0 Å². The molecule has 0 aliphatic carbocycles. The zero-order valence-corrected chi connectivity index (χ0v) is 12.6. The molecule has 0 atom stereocenters. The summed E-state index contributed by atoms with van der Waals surface area (Å²) in [6, 6.07) is 9.06. The second-order valence-electron chi connectivity index (χ2n) is 4.45. The van der Waals surface area contributed by atoms with E-state index in [-0.39, 0.29) is 16.9 Å². The number of nitrogens with one attached hydrogen (secondary N) is 1. The van der Waals surface area contributed by atoms with E-state index in [0.717, 1.165) is 0 Å². The van der Waals surface area contributed by atoms with Crippen molar-refractivity contribution < 1.29 is 19.8 Å². The molecule has 0 radical (unpaired) electrons. The van der Waals surface area contributed by atoms with Crippen LogP contribution in [0, 0.1) is 6.92 Å². The van der Waals surface area contributed by atoms with Crippen LogP contribution in [-0.4, -0.2) is 22.1 Å². The minimum atomic E-state index is -1.02. The Morgan fingerprint density at radius 2 is 1.76 bits per heavy atom. The first kappa shape index (κ1) is 15.1. The molecule has 108 valence electrons. The van der Waals surface area contributed by atoms with Crippen LogP contribution in [0.4, 0.5) is 5.69 Å². The third-order valence-corrected chi connectivity index (χ3v) is 3.41. The molecule has 6 heteroatoms. The van der Waals surface area contributed by atoms with Gasteiger partial charge < -0.3 is 15.5 Å². The maximum Gasteiger partial charge on any atom is 0.335 e. The molecule has 0 aliphatic heterocycles. The number of carboxylic acids is 1. The Hall–Kier alpha value is -2.34. The number of aromatic carboxylic acids is 1. The van der Waals surface area contributed by atoms with Gasteiger partial charge in [-0.15, -0.1) is 0 Å². The zero-order chi connectivity index (χ0) is 15.6. The molecule has 21 heavy (non-hydrogen) atoms. The number of carbonyl (C=O) groups excluding carboxylic acids is 1. The topological polar surface area (TPSA) is 86.6 Å². The molecule has 0 unspecified atom stereocenters. The molecule has 5 nitrogen and oxygen atoms in total. The Kier molecular flexibility index (Phi) is 4.28. The van der Waals surface area contributed by atoms with Crippen molar-refractivity contribution in [2.75, 3.05) is 5.32 Å². The van der Waals surface area contributed by atoms with Crippen LogP contribution >= 0.6 is 15.9 Å². The number of anilines is 1. The highest BCUT2D eigenvalue weighted by atomic mass is 79.9. The Bertz CT molecular complexity index is 728. The first-order valence-electron chi connectivity index (χ1n) is 6.02. The summed E-state index contributed by atoms with van der Waals surface area (Å²) in [4.78, 5) is 23.0. The van der Waals surface area contributed by atoms with Crippen molar-refractivity contribution in [1.82, 2.24) is 0 Å². The second kappa shape index (κ2) is 5.97. The van der Waals surface area contributed by atoms with Gasteiger partial charge in [0.2, 0.25) is 0 Å². The lowest BCUT2D eigenvalue weighted by Crippen LogP contribution is -2.12. The van der Waals surface area contributed by atoms with E-state index in [4.69, 9.17) is 5.11 Å². The maximum atomic E-state index is 12.1. The summed E-state index contributed by atoms with van der Waals surface area (Å²) in [5, 5.41) is 21.3. The van der Waals surface area contributed by atoms with Gasteiger partial charge in [0, 0.05) is 10.2 Å². The van der Waals surface area contributed by atoms with E-state index in [0.29, 0.717) is 15.7 Å². The van der Waals surface area contributed by atoms with Crippen LogP contribution in [-0.2, 0) is 0 Å². The van der Waals surface area contributed by atoms with E-state index in [1.165, 1.54) is 24.3 Å². The number of carboxylic acid groups (broad SMARTS) is 1. The normalized spacial score (nSPS) is 10.2. The highest BCUT2D eigenvalue weighted by molar-refractivity contribution is 9.10. The molecule has 3 N–H and O–H groups in total. The predicted octanol–water partition coefficient (Wildman–Crippen LogP) is 3.41. The standard InChI is InChI=1S/C15H12BrNO4/c1-8-6-10(3-5-11(8)15(20)21)17-14(19)12-4-2-9(16)7-13(12)18/h2-7,18H,1H3,(H,17,19)(H,20,21). The number of halogens is 1. The summed E-state index contributed by atoms with van der Waals surface area (Å²) in [7, 11) is 0. The number of amides is 1. The van der Waals surface area contributed by atoms with Crippen LogP contribution in [0.3, 0.4) is 0 Å². The molecule has 2 rings (SSSR count). The monoisotopic (exact) mass is 349 g/mol. The summed E-state index contributed by atoms with van der Waals surface area (Å²) in [5.74, 6) is -1.63. The minimum absolute atomic E-state index is 0.137. The van der Waals surface area contributed by atoms with Gasteiger partial charge in [-0.1, -0.05) is 15.9 Å². The number of hydrogen-bond acceptors (Lipinski definition) is 3. The smallest absolute Gasteiger partial charge is 0.335 e. The number of rotatable bonds is 3. The average molecular weight is 350 g/mol. The summed E-state index contributed by atoms with van der Waals surface area (Å²) >= 11 is 3.20. The van der Waals surface area contributed by atoms with Gasteiger partial charge in [0.15, 0.2) is 0 Å². The van der Waals surface area contributed by atoms with Crippen molar-refractivity contribution in [2.24, 2.45) is 0 Å². The van der Waals surface area contributed by atoms with Crippen LogP contribution in [0.5, 0.6) is 5.75 Å². The summed E-state index contributed by atoms with van der Waals surface area (Å²) in [6.07, 6.45) is 0. The number of hydrogen-bond donors (Lipinski definition) is 3. The lowest BCUT2D eigenvalue weighted by atomic mass is 10.1. The largest absolute Gasteiger partial charge is 0.507 e. The molecule has 0 spiro atoms. The number of phenols is 1. The van der Waals surface area contributed by atoms with Gasteiger partial charge in [-0.2, -0.15) is 0 Å². The summed E-state index contributed by atoms with van der Waals surface area (Å²) < 4.78 is 0.665. The summed E-state index contributed by atoms with van der Waals surface area (Å²) in [5.41, 5.74) is 1.32. The van der Waals surface area contributed by atoms with E-state index in [1.807, 2.05) is 0 Å². The van der Waals surface area contributed by atoms with Crippen molar-refractivity contribution in [3.63, 3.8) is 0 Å². The number of aromatic hydroxyl groups is 1. The molecule has 2 aromatic carbocycles. The molecule has 0 aliphatic rings. The first-order valence-corrected chi connectivity index (χ1v) is 6.81. The van der Waals surface area contributed by atoms with Crippen LogP contribution in [0.15, 0.2) is 40.9 Å². The Labute approximate surface area is 129 Å². The SMILES string of the molecule is Cc1cc(NC(=O)c2ccc(Br)cc2O)ccc1C(=O)O. The van der Waals surface area contributed by atoms with E-state index in [1.54, 1.807) is 19.1 Å². The van der Waals surface area contributed by atoms with Gasteiger partial charge in [-0.3, -0.25) is 4.79 Å². The van der Waals surface area contributed by atoms with Crippen LogP contribution in [0.2, 0.25) is 0 Å². The Morgan fingerprint density at radius 1 is 1.10 bits per heavy atom. The number of phenolic OH excluding ortho intramolecular Hbond substituents is 1. The molecule has 0 saturated heterocycles. The van der Waals surface area contributed by atoms with Crippen LogP contribution < -0.4 is 5.32 Å². The third kappa shape index (κ3) is 3.41. The third-order valence-electron chi connectivity index (χ3n) is 2.92. The number of carbonyl (C=O) groups is 2. The van der Waals surface area contributed by atoms with Crippen molar-refractivity contribution in [1.29, 1.82) is 0 Å². The van der Waals surface area contributed by atoms with Gasteiger partial charge >= 0.3 is 5.97 Å². The molecule has 0 aromatic heterocycles. The number of aryl methyl sites for hydroxylation is 1. The second-order valence-corrected chi connectivity index (χ2v) is 5.37. The van der Waals surface area contributed by atoms with Crippen LogP contribution in [0.1, 0.15) is 26.3 Å². The van der Waals surface area contributed by atoms with Crippen molar-refractivity contribution in [3.05, 3.63) is 57.6 Å². The zero-order valence-electron chi connectivity index (χ0n) is 11.1. The highest BCUT2D eigenvalue weighted by Crippen LogP contribution is 2.23. The van der Waals surface area contributed by atoms with Crippen molar-refractivity contribution >= 4 is 33.5 Å². The quantitative estimate of drug-likeness (QED) is 0.792. The van der Waals surface area contributed by atoms with E-state index in [9.17, 15) is 14.7 Å². The van der Waals surface area contributed by atoms with Gasteiger partial charge in [-0.05, 0) is 48.9 Å². The fraction of sp³-hybridized carbons (Fsp3) is 0.0667. The van der Waals surface area contributed by atoms with Gasteiger partial charge in [-0.25, -0.2) is 4.79 Å². The lowest BCUT2D eigenvalue weighted by Gasteiger charge is -2.09. The minimum Gasteiger partial charge on any atom is -0.507 e. The molecule has 0 fully saturated rings. The number of benzene rings is 2. The van der Waals surface area contributed by atoms with Gasteiger partial charge in [0.25, 0.3) is 5.91 Å². The molecule has 1 amide bonds. The summed E-state index contributed by atoms with van der Waals surface area (Å²) in [6.45, 7) is 1.65. The molecule has 2 aromatic rings. The first-order chi connectivity index (χ1) is 9.88. The fourth-order valence-corrected chi connectivity index (χ4v) is 2.23. The van der Waals surface area contributed by atoms with E-state index >= 15 is 0 Å². The van der Waals surface area contributed by atoms with E-state index in [2.05, 4.69) is 21.2 Å². The predicted molar refractivity (Wildman–Crippen MR) is 81.9 cm³/mol.